The lowest BCUT2D eigenvalue weighted by atomic mass is 9.93. The quantitative estimate of drug-likeness (QED) is 0.301. The van der Waals surface area contributed by atoms with Crippen LogP contribution in [0, 0.1) is 0 Å². The highest BCUT2D eigenvalue weighted by atomic mass is 16.5. The van der Waals surface area contributed by atoms with Gasteiger partial charge in [-0.05, 0) is 61.5 Å². The van der Waals surface area contributed by atoms with Crippen LogP contribution in [0.2, 0.25) is 0 Å². The molecule has 0 saturated heterocycles. The number of nitrogens with one attached hydrogen (secondary N) is 1. The maximum absolute atomic E-state index is 13.1. The van der Waals surface area contributed by atoms with E-state index < -0.39 is 17.9 Å². The summed E-state index contributed by atoms with van der Waals surface area (Å²) in [6.45, 7) is 4.38. The Morgan fingerprint density at radius 3 is 2.61 bits per heavy atom. The number of hydrogen-bond donors (Lipinski definition) is 3. The summed E-state index contributed by atoms with van der Waals surface area (Å²) >= 11 is 0. The number of phenols is 1. The number of rotatable bonds is 11. The number of amides is 1. The van der Waals surface area contributed by atoms with Crippen molar-refractivity contribution in [3.63, 3.8) is 0 Å². The van der Waals surface area contributed by atoms with Gasteiger partial charge in [0, 0.05) is 30.1 Å². The second-order valence-corrected chi connectivity index (χ2v) is 9.49. The van der Waals surface area contributed by atoms with E-state index in [1.807, 2.05) is 12.1 Å². The third kappa shape index (κ3) is 6.34. The number of anilines is 1. The zero-order chi connectivity index (χ0) is 27.1. The molecule has 9 nitrogen and oxygen atoms in total. The van der Waals surface area contributed by atoms with E-state index in [1.54, 1.807) is 36.8 Å². The number of aliphatic carboxylic acids is 1. The number of methoxy groups -OCH3 is 1. The largest absolute Gasteiger partial charge is 0.504 e. The number of furan rings is 1. The van der Waals surface area contributed by atoms with E-state index in [0.717, 1.165) is 36.9 Å². The first kappa shape index (κ1) is 26.8. The number of aromatic hydroxyl groups is 1. The molecule has 1 saturated carbocycles. The van der Waals surface area contributed by atoms with Gasteiger partial charge in [-0.15, -0.1) is 0 Å². The lowest BCUT2D eigenvalue weighted by Crippen LogP contribution is -2.42. The summed E-state index contributed by atoms with van der Waals surface area (Å²) in [6.07, 6.45) is 9.08. The van der Waals surface area contributed by atoms with E-state index >= 15 is 0 Å². The van der Waals surface area contributed by atoms with Gasteiger partial charge in [0.1, 0.15) is 6.04 Å². The summed E-state index contributed by atoms with van der Waals surface area (Å²) < 4.78 is 10.4. The molecule has 200 valence electrons. The van der Waals surface area contributed by atoms with Gasteiger partial charge in [-0.25, -0.2) is 4.79 Å². The highest BCUT2D eigenvalue weighted by molar-refractivity contribution is 5.98. The standard InChI is InChI=1S/C29H33N3O6/c1-30-23-16-21(28(34)31-24(29(35)36)14-19-8-11-26(33)27(15-19)37-2)9-10-25(23)32(17-20-12-13-38-18-20)22-6-4-3-5-7-22/h8-13,15-16,18,22,24,33H,1,3-7,14,17H2,2H3,(H,31,34)(H,35,36). The van der Waals surface area contributed by atoms with E-state index in [9.17, 15) is 19.8 Å². The van der Waals surface area contributed by atoms with E-state index in [1.165, 1.54) is 19.6 Å². The van der Waals surface area contributed by atoms with Crippen molar-refractivity contribution in [1.29, 1.82) is 0 Å². The van der Waals surface area contributed by atoms with Crippen LogP contribution in [-0.4, -0.2) is 48.0 Å². The number of carboxylic acid groups (broad SMARTS) is 1. The Labute approximate surface area is 221 Å². The van der Waals surface area contributed by atoms with Crippen molar-refractivity contribution in [2.75, 3.05) is 12.0 Å². The Morgan fingerprint density at radius 2 is 1.95 bits per heavy atom. The second-order valence-electron chi connectivity index (χ2n) is 9.49. The molecule has 1 aliphatic rings. The van der Waals surface area contributed by atoms with Gasteiger partial charge in [-0.2, -0.15) is 0 Å². The smallest absolute Gasteiger partial charge is 0.326 e. The van der Waals surface area contributed by atoms with Crippen LogP contribution in [0.3, 0.4) is 0 Å². The van der Waals surface area contributed by atoms with Crippen LogP contribution in [0.1, 0.15) is 53.6 Å². The predicted molar refractivity (Wildman–Crippen MR) is 145 cm³/mol. The number of carboxylic acids is 1. The fourth-order valence-electron chi connectivity index (χ4n) is 4.94. The molecule has 4 rings (SSSR count). The minimum absolute atomic E-state index is 0.0164. The van der Waals surface area contributed by atoms with Crippen LogP contribution in [0.4, 0.5) is 11.4 Å². The number of aliphatic imine (C=N–C) groups is 1. The monoisotopic (exact) mass is 519 g/mol. The van der Waals surface area contributed by atoms with E-state index in [0.29, 0.717) is 23.8 Å². The van der Waals surface area contributed by atoms with Crippen LogP contribution < -0.4 is 15.0 Å². The molecule has 1 aromatic heterocycles. The first-order valence-electron chi connectivity index (χ1n) is 12.7. The topological polar surface area (TPSA) is 125 Å². The molecule has 0 aliphatic heterocycles. The summed E-state index contributed by atoms with van der Waals surface area (Å²) in [5.41, 5.74) is 3.36. The van der Waals surface area contributed by atoms with E-state index in [2.05, 4.69) is 21.9 Å². The molecule has 2 aromatic carbocycles. The number of carbonyl (C=O) groups excluding carboxylic acids is 1. The SMILES string of the molecule is C=Nc1cc(C(=O)NC(Cc2ccc(O)c(OC)c2)C(=O)O)ccc1N(Cc1ccoc1)C1CCCCC1. The summed E-state index contributed by atoms with van der Waals surface area (Å²) in [4.78, 5) is 31.6. The fraction of sp³-hybridized carbons (Fsp3) is 0.345. The minimum atomic E-state index is -1.18. The van der Waals surface area contributed by atoms with Gasteiger partial charge in [0.2, 0.25) is 0 Å². The highest BCUT2D eigenvalue weighted by Crippen LogP contribution is 2.36. The Morgan fingerprint density at radius 1 is 1.16 bits per heavy atom. The van der Waals surface area contributed by atoms with Gasteiger partial charge < -0.3 is 29.6 Å². The summed E-state index contributed by atoms with van der Waals surface area (Å²) in [7, 11) is 1.41. The average molecular weight is 520 g/mol. The van der Waals surface area contributed by atoms with Crippen molar-refractivity contribution in [1.82, 2.24) is 5.32 Å². The fourth-order valence-corrected chi connectivity index (χ4v) is 4.94. The maximum Gasteiger partial charge on any atom is 0.326 e. The third-order valence-electron chi connectivity index (χ3n) is 6.95. The van der Waals surface area contributed by atoms with Crippen molar-refractivity contribution in [2.24, 2.45) is 4.99 Å². The van der Waals surface area contributed by atoms with Crippen LogP contribution in [0.15, 0.2) is 64.4 Å². The zero-order valence-electron chi connectivity index (χ0n) is 21.4. The Kier molecular flexibility index (Phi) is 8.68. The Balaban J connectivity index is 1.55. The highest BCUT2D eigenvalue weighted by Gasteiger charge is 2.26. The van der Waals surface area contributed by atoms with E-state index in [-0.39, 0.29) is 23.5 Å². The van der Waals surface area contributed by atoms with Gasteiger partial charge in [0.25, 0.3) is 5.91 Å². The number of hydrogen-bond acceptors (Lipinski definition) is 7. The normalized spacial score (nSPS) is 14.4. The molecule has 1 unspecified atom stereocenters. The summed E-state index contributed by atoms with van der Waals surface area (Å²) in [5.74, 6) is -1.52. The van der Waals surface area contributed by atoms with Crippen molar-refractivity contribution in [3.8, 4) is 11.5 Å². The molecule has 38 heavy (non-hydrogen) atoms. The molecule has 1 amide bonds. The van der Waals surface area contributed by atoms with Gasteiger partial charge >= 0.3 is 5.97 Å². The third-order valence-corrected chi connectivity index (χ3v) is 6.95. The predicted octanol–water partition coefficient (Wildman–Crippen LogP) is 5.09. The molecule has 0 bridgehead atoms. The summed E-state index contributed by atoms with van der Waals surface area (Å²) in [6, 6.07) is 10.8. The van der Waals surface area contributed by atoms with Gasteiger partial charge in [0.15, 0.2) is 11.5 Å². The Bertz CT molecular complexity index is 1270. The minimum Gasteiger partial charge on any atom is -0.504 e. The first-order chi connectivity index (χ1) is 18.4. The summed E-state index contributed by atoms with van der Waals surface area (Å²) in [5, 5.41) is 22.2. The molecule has 0 radical (unpaired) electrons. The van der Waals surface area contributed by atoms with Crippen molar-refractivity contribution in [2.45, 2.75) is 57.2 Å². The molecular formula is C29H33N3O6. The van der Waals surface area contributed by atoms with Gasteiger partial charge in [-0.3, -0.25) is 9.79 Å². The number of benzene rings is 2. The van der Waals surface area contributed by atoms with Crippen molar-refractivity contribution in [3.05, 3.63) is 71.7 Å². The molecule has 0 spiro atoms. The van der Waals surface area contributed by atoms with Crippen molar-refractivity contribution < 1.29 is 29.0 Å². The average Bonchev–Trinajstić information content (AvgIpc) is 3.45. The molecule has 3 aromatic rings. The molecule has 9 heteroatoms. The molecular weight excluding hydrogens is 486 g/mol. The maximum atomic E-state index is 13.1. The zero-order valence-corrected chi connectivity index (χ0v) is 21.4. The van der Waals surface area contributed by atoms with Gasteiger partial charge in [0.05, 0.1) is 31.0 Å². The van der Waals surface area contributed by atoms with Crippen LogP contribution in [-0.2, 0) is 17.8 Å². The van der Waals surface area contributed by atoms with Crippen LogP contribution in [0.5, 0.6) is 11.5 Å². The number of ether oxygens (including phenoxy) is 1. The number of carbonyl (C=O) groups is 2. The first-order valence-corrected chi connectivity index (χ1v) is 12.7. The molecule has 1 atom stereocenters. The van der Waals surface area contributed by atoms with Crippen LogP contribution >= 0.6 is 0 Å². The lowest BCUT2D eigenvalue weighted by Gasteiger charge is -2.36. The molecule has 3 N–H and O–H groups in total. The molecule has 1 heterocycles. The van der Waals surface area contributed by atoms with Crippen molar-refractivity contribution >= 4 is 30.0 Å². The van der Waals surface area contributed by atoms with Gasteiger partial charge in [-0.1, -0.05) is 25.3 Å². The number of phenolic OH excluding ortho intramolecular Hbond substituents is 1. The van der Waals surface area contributed by atoms with Crippen LogP contribution in [0.25, 0.3) is 0 Å². The molecule has 1 fully saturated rings. The Hall–Kier alpha value is -4.27. The molecule has 1 aliphatic carbocycles. The number of nitrogens with zero attached hydrogens (tertiary/aromatic N) is 2. The van der Waals surface area contributed by atoms with E-state index in [4.69, 9.17) is 9.15 Å². The lowest BCUT2D eigenvalue weighted by molar-refractivity contribution is -0.139. The second kappa shape index (κ2) is 12.3.